The van der Waals surface area contributed by atoms with Crippen LogP contribution in [0.3, 0.4) is 0 Å². The summed E-state index contributed by atoms with van der Waals surface area (Å²) in [6, 6.07) is 11.4. The molecule has 1 N–H and O–H groups in total. The molecule has 0 spiro atoms. The predicted octanol–water partition coefficient (Wildman–Crippen LogP) is 5.26. The Labute approximate surface area is 118 Å². The number of hydrogen-bond acceptors (Lipinski definition) is 1. The molecule has 106 valence electrons. The largest absolute Gasteiger partial charge is 0.378 e. The van der Waals surface area contributed by atoms with Crippen LogP contribution in [0.25, 0.3) is 0 Å². The first-order valence-corrected chi connectivity index (χ1v) is 6.80. The van der Waals surface area contributed by atoms with Crippen LogP contribution >= 0.6 is 0 Å². The molecule has 2 aromatic rings. The van der Waals surface area contributed by atoms with E-state index in [-0.39, 0.29) is 5.56 Å². The maximum absolute atomic E-state index is 13.8. The number of anilines is 1. The van der Waals surface area contributed by atoms with Gasteiger partial charge in [-0.05, 0) is 36.6 Å². The normalized spacial score (nSPS) is 12.5. The predicted molar refractivity (Wildman–Crippen MR) is 78.9 cm³/mol. The molecule has 0 amide bonds. The lowest BCUT2D eigenvalue weighted by atomic mass is 9.99. The number of hydrogen-bond donors (Lipinski definition) is 1. The summed E-state index contributed by atoms with van der Waals surface area (Å²) in [4.78, 5) is 0. The fraction of sp³-hybridized carbons (Fsp3) is 0.294. The summed E-state index contributed by atoms with van der Waals surface area (Å²) >= 11 is 0. The van der Waals surface area contributed by atoms with E-state index >= 15 is 0 Å². The highest BCUT2D eigenvalue weighted by molar-refractivity contribution is 5.54. The van der Waals surface area contributed by atoms with Gasteiger partial charge in [-0.1, -0.05) is 38.1 Å². The Morgan fingerprint density at radius 3 is 2.05 bits per heavy atom. The summed E-state index contributed by atoms with van der Waals surface area (Å²) < 4.78 is 27.6. The summed E-state index contributed by atoms with van der Waals surface area (Å²) in [5.74, 6) is -0.699. The lowest BCUT2D eigenvalue weighted by Gasteiger charge is -2.20. The molecule has 0 heterocycles. The van der Waals surface area contributed by atoms with Crippen molar-refractivity contribution in [2.45, 2.75) is 32.7 Å². The molecule has 0 fully saturated rings. The van der Waals surface area contributed by atoms with E-state index in [9.17, 15) is 8.78 Å². The zero-order chi connectivity index (χ0) is 14.7. The number of rotatable bonds is 4. The fourth-order valence-electron chi connectivity index (χ4n) is 2.36. The lowest BCUT2D eigenvalue weighted by Crippen LogP contribution is -2.12. The van der Waals surface area contributed by atoms with Crippen molar-refractivity contribution in [2.24, 2.45) is 0 Å². The summed E-state index contributed by atoms with van der Waals surface area (Å²) in [6.07, 6.45) is 0. The van der Waals surface area contributed by atoms with Crippen molar-refractivity contribution in [1.82, 2.24) is 0 Å². The molecular weight excluding hydrogens is 256 g/mol. The third kappa shape index (κ3) is 2.98. The van der Waals surface area contributed by atoms with Crippen molar-refractivity contribution in [2.75, 3.05) is 5.32 Å². The molecule has 1 unspecified atom stereocenters. The van der Waals surface area contributed by atoms with Gasteiger partial charge in [-0.3, -0.25) is 0 Å². The van der Waals surface area contributed by atoms with Gasteiger partial charge in [0.25, 0.3) is 0 Å². The van der Waals surface area contributed by atoms with Crippen LogP contribution in [0.4, 0.5) is 14.5 Å². The van der Waals surface area contributed by atoms with Gasteiger partial charge in [0.05, 0.1) is 6.04 Å². The molecule has 0 aliphatic heterocycles. The Balaban J connectivity index is 2.31. The van der Waals surface area contributed by atoms with E-state index in [0.717, 1.165) is 11.3 Å². The second-order valence-corrected chi connectivity index (χ2v) is 5.24. The van der Waals surface area contributed by atoms with Crippen molar-refractivity contribution in [3.05, 3.63) is 65.2 Å². The molecule has 0 aliphatic carbocycles. The molecule has 0 saturated carbocycles. The van der Waals surface area contributed by atoms with Gasteiger partial charge in [-0.15, -0.1) is 0 Å². The van der Waals surface area contributed by atoms with E-state index in [4.69, 9.17) is 0 Å². The van der Waals surface area contributed by atoms with Gasteiger partial charge in [0.1, 0.15) is 11.6 Å². The van der Waals surface area contributed by atoms with Crippen LogP contribution in [-0.2, 0) is 0 Å². The highest BCUT2D eigenvalue weighted by Crippen LogP contribution is 2.29. The number of benzene rings is 2. The molecule has 1 nitrogen and oxygen atoms in total. The molecule has 0 aromatic heterocycles. The average Bonchev–Trinajstić information content (AvgIpc) is 2.38. The number of para-hydroxylation sites is 1. The van der Waals surface area contributed by atoms with E-state index in [2.05, 4.69) is 19.2 Å². The molecule has 2 aromatic carbocycles. The Hall–Kier alpha value is -1.90. The highest BCUT2D eigenvalue weighted by Gasteiger charge is 2.17. The van der Waals surface area contributed by atoms with Gasteiger partial charge in [0.2, 0.25) is 0 Å². The Kier molecular flexibility index (Phi) is 4.38. The zero-order valence-electron chi connectivity index (χ0n) is 12.0. The first-order chi connectivity index (χ1) is 9.50. The van der Waals surface area contributed by atoms with Crippen molar-refractivity contribution in [1.29, 1.82) is 0 Å². The van der Waals surface area contributed by atoms with Crippen molar-refractivity contribution in [3.63, 3.8) is 0 Å². The molecule has 3 heteroatoms. The van der Waals surface area contributed by atoms with E-state index in [1.54, 1.807) is 6.92 Å². The van der Waals surface area contributed by atoms with Crippen LogP contribution in [-0.4, -0.2) is 0 Å². The standard InChI is InChI=1S/C17H19F2N/c1-11(2)13-7-4-5-10-16(13)20-12(3)17-14(18)8-6-9-15(17)19/h4-12,20H,1-3H3. The third-order valence-corrected chi connectivity index (χ3v) is 3.39. The van der Waals surface area contributed by atoms with Crippen LogP contribution in [0.15, 0.2) is 42.5 Å². The maximum atomic E-state index is 13.8. The monoisotopic (exact) mass is 275 g/mol. The van der Waals surface area contributed by atoms with Crippen molar-refractivity contribution < 1.29 is 8.78 Å². The van der Waals surface area contributed by atoms with Crippen molar-refractivity contribution in [3.8, 4) is 0 Å². The zero-order valence-corrected chi connectivity index (χ0v) is 12.0. The molecule has 20 heavy (non-hydrogen) atoms. The summed E-state index contributed by atoms with van der Waals surface area (Å²) in [6.45, 7) is 5.95. The van der Waals surface area contributed by atoms with E-state index in [1.165, 1.54) is 18.2 Å². The van der Waals surface area contributed by atoms with Gasteiger partial charge in [0, 0.05) is 11.3 Å². The highest BCUT2D eigenvalue weighted by atomic mass is 19.1. The molecule has 0 saturated heterocycles. The van der Waals surface area contributed by atoms with Crippen LogP contribution in [0.2, 0.25) is 0 Å². The summed E-state index contributed by atoms with van der Waals surface area (Å²) in [5, 5.41) is 3.21. The Morgan fingerprint density at radius 2 is 1.45 bits per heavy atom. The Morgan fingerprint density at radius 1 is 0.850 bits per heavy atom. The molecule has 0 radical (unpaired) electrons. The molecular formula is C17H19F2N. The summed E-state index contributed by atoms with van der Waals surface area (Å²) in [7, 11) is 0. The molecule has 0 aliphatic rings. The summed E-state index contributed by atoms with van der Waals surface area (Å²) in [5.41, 5.74) is 2.12. The second kappa shape index (κ2) is 6.04. The minimum Gasteiger partial charge on any atom is -0.378 e. The van der Waals surface area contributed by atoms with E-state index in [0.29, 0.717) is 5.92 Å². The SMILES string of the molecule is CC(C)c1ccccc1NC(C)c1c(F)cccc1F. The van der Waals surface area contributed by atoms with Crippen LogP contribution in [0.1, 0.15) is 43.9 Å². The van der Waals surface area contributed by atoms with Gasteiger partial charge < -0.3 is 5.32 Å². The maximum Gasteiger partial charge on any atom is 0.131 e. The average molecular weight is 275 g/mol. The lowest BCUT2D eigenvalue weighted by molar-refractivity contribution is 0.544. The fourth-order valence-corrected chi connectivity index (χ4v) is 2.36. The molecule has 1 atom stereocenters. The first kappa shape index (κ1) is 14.5. The van der Waals surface area contributed by atoms with Gasteiger partial charge in [-0.25, -0.2) is 8.78 Å². The molecule has 0 bridgehead atoms. The van der Waals surface area contributed by atoms with Gasteiger partial charge in [-0.2, -0.15) is 0 Å². The van der Waals surface area contributed by atoms with E-state index in [1.807, 2.05) is 24.3 Å². The van der Waals surface area contributed by atoms with Crippen LogP contribution < -0.4 is 5.32 Å². The minimum atomic E-state index is -0.521. The topological polar surface area (TPSA) is 12.0 Å². The number of halogens is 2. The number of nitrogens with one attached hydrogen (secondary N) is 1. The third-order valence-electron chi connectivity index (χ3n) is 3.39. The quantitative estimate of drug-likeness (QED) is 0.802. The van der Waals surface area contributed by atoms with Crippen LogP contribution in [0, 0.1) is 11.6 Å². The van der Waals surface area contributed by atoms with E-state index < -0.39 is 17.7 Å². The second-order valence-electron chi connectivity index (χ2n) is 5.24. The Bertz CT molecular complexity index is 573. The van der Waals surface area contributed by atoms with Crippen molar-refractivity contribution >= 4 is 5.69 Å². The molecule has 2 rings (SSSR count). The minimum absolute atomic E-state index is 0.0751. The van der Waals surface area contributed by atoms with Gasteiger partial charge in [0.15, 0.2) is 0 Å². The smallest absolute Gasteiger partial charge is 0.131 e. The van der Waals surface area contributed by atoms with Crippen LogP contribution in [0.5, 0.6) is 0 Å². The first-order valence-electron chi connectivity index (χ1n) is 6.80. The van der Waals surface area contributed by atoms with Gasteiger partial charge >= 0.3 is 0 Å².